The number of hydrogen-bond acceptors (Lipinski definition) is 7. The molecule has 1 saturated carbocycles. The summed E-state index contributed by atoms with van der Waals surface area (Å²) in [5.41, 5.74) is 1.28. The Kier molecular flexibility index (Phi) is 6.25. The lowest BCUT2D eigenvalue weighted by atomic mass is 9.51. The lowest BCUT2D eigenvalue weighted by Gasteiger charge is -2.49. The van der Waals surface area contributed by atoms with Gasteiger partial charge in [0.15, 0.2) is 0 Å². The third-order valence-corrected chi connectivity index (χ3v) is 9.83. The number of phenolic OH excluding ortho intramolecular Hbond substituents is 1. The zero-order chi connectivity index (χ0) is 30.0. The SMILES string of the molecule is C[C@@]12C(=O)N(c3ccccc3)C(=O)[C@@H]1C[C@@H]1C(=CC[C@@H]3C(=O)N(O)C(=O)[C@@H]31)[C@@H]2c1ccc(OCc2ccccc2)cc1O. The molecule has 9 nitrogen and oxygen atoms in total. The van der Waals surface area contributed by atoms with E-state index in [0.29, 0.717) is 23.6 Å². The van der Waals surface area contributed by atoms with Gasteiger partial charge in [-0.2, -0.15) is 5.06 Å². The minimum atomic E-state index is -1.28. The molecule has 7 rings (SSSR count). The van der Waals surface area contributed by atoms with Crippen molar-refractivity contribution in [2.45, 2.75) is 32.3 Å². The van der Waals surface area contributed by atoms with E-state index < -0.39 is 46.8 Å². The van der Waals surface area contributed by atoms with Crippen molar-refractivity contribution < 1.29 is 34.2 Å². The molecule has 6 atom stereocenters. The van der Waals surface area contributed by atoms with Crippen LogP contribution in [0.4, 0.5) is 5.69 Å². The normalized spacial score (nSPS) is 29.7. The van der Waals surface area contributed by atoms with E-state index in [9.17, 15) is 29.5 Å². The number of hydroxylamine groups is 2. The third-order valence-electron chi connectivity index (χ3n) is 9.83. The number of fused-ring (bicyclic) bond motifs is 4. The first-order valence-corrected chi connectivity index (χ1v) is 14.4. The molecule has 0 radical (unpaired) electrons. The molecule has 43 heavy (non-hydrogen) atoms. The largest absolute Gasteiger partial charge is 0.508 e. The maximum absolute atomic E-state index is 14.4. The molecule has 2 aliphatic carbocycles. The van der Waals surface area contributed by atoms with E-state index in [1.54, 1.807) is 49.4 Å². The topological polar surface area (TPSA) is 124 Å². The second kappa shape index (κ2) is 9.91. The predicted molar refractivity (Wildman–Crippen MR) is 154 cm³/mol. The third kappa shape index (κ3) is 3.95. The summed E-state index contributed by atoms with van der Waals surface area (Å²) in [6, 6.07) is 23.3. The Labute approximate surface area is 247 Å². The number of nitrogens with zero attached hydrogens (tertiary/aromatic N) is 2. The summed E-state index contributed by atoms with van der Waals surface area (Å²) in [4.78, 5) is 55.5. The molecule has 218 valence electrons. The van der Waals surface area contributed by atoms with Crippen LogP contribution in [0.25, 0.3) is 0 Å². The van der Waals surface area contributed by atoms with Crippen molar-refractivity contribution in [1.29, 1.82) is 0 Å². The summed E-state index contributed by atoms with van der Waals surface area (Å²) in [5, 5.41) is 21.9. The smallest absolute Gasteiger partial charge is 0.257 e. The molecule has 0 spiro atoms. The fourth-order valence-electron chi connectivity index (χ4n) is 7.76. The summed E-state index contributed by atoms with van der Waals surface area (Å²) in [6.45, 7) is 2.06. The van der Waals surface area contributed by atoms with Gasteiger partial charge in [-0.15, -0.1) is 0 Å². The van der Waals surface area contributed by atoms with Gasteiger partial charge in [-0.3, -0.25) is 24.4 Å². The quantitative estimate of drug-likeness (QED) is 0.258. The van der Waals surface area contributed by atoms with Gasteiger partial charge in [0.2, 0.25) is 11.8 Å². The second-order valence-electron chi connectivity index (χ2n) is 12.0. The monoisotopic (exact) mass is 578 g/mol. The minimum Gasteiger partial charge on any atom is -0.508 e. The average Bonchev–Trinajstić information content (AvgIpc) is 3.36. The van der Waals surface area contributed by atoms with E-state index in [2.05, 4.69) is 0 Å². The van der Waals surface area contributed by atoms with Crippen LogP contribution >= 0.6 is 0 Å². The Hall–Kier alpha value is -4.76. The van der Waals surface area contributed by atoms with E-state index in [-0.39, 0.29) is 35.5 Å². The molecular formula is C34H30N2O7. The minimum absolute atomic E-state index is 0.102. The molecule has 0 aromatic heterocycles. The molecule has 4 amide bonds. The Bertz CT molecular complexity index is 1690. The average molecular weight is 579 g/mol. The van der Waals surface area contributed by atoms with Crippen molar-refractivity contribution in [3.8, 4) is 11.5 Å². The number of hydrogen-bond donors (Lipinski definition) is 2. The van der Waals surface area contributed by atoms with Gasteiger partial charge in [0.25, 0.3) is 11.8 Å². The molecule has 0 unspecified atom stereocenters. The number of imide groups is 2. The molecule has 9 heteroatoms. The molecule has 3 fully saturated rings. The van der Waals surface area contributed by atoms with Crippen molar-refractivity contribution in [1.82, 2.24) is 5.06 Å². The number of aromatic hydroxyl groups is 1. The number of ether oxygens (including phenoxy) is 1. The van der Waals surface area contributed by atoms with Crippen molar-refractivity contribution in [2.24, 2.45) is 29.1 Å². The number of carbonyl (C=O) groups is 4. The van der Waals surface area contributed by atoms with Crippen molar-refractivity contribution in [3.05, 3.63) is 102 Å². The highest BCUT2D eigenvalue weighted by molar-refractivity contribution is 6.24. The number of para-hydroxylation sites is 1. The molecule has 2 N–H and O–H groups in total. The van der Waals surface area contributed by atoms with Gasteiger partial charge in [-0.05, 0) is 49.4 Å². The molecule has 4 aliphatic rings. The van der Waals surface area contributed by atoms with Crippen LogP contribution in [0, 0.1) is 29.1 Å². The van der Waals surface area contributed by atoms with Gasteiger partial charge in [0, 0.05) is 17.5 Å². The Balaban J connectivity index is 1.33. The van der Waals surface area contributed by atoms with Crippen LogP contribution in [-0.2, 0) is 25.8 Å². The van der Waals surface area contributed by atoms with E-state index in [4.69, 9.17) is 4.74 Å². The first kappa shape index (κ1) is 27.1. The van der Waals surface area contributed by atoms with Crippen LogP contribution in [0.15, 0.2) is 90.5 Å². The summed E-state index contributed by atoms with van der Waals surface area (Å²) >= 11 is 0. The van der Waals surface area contributed by atoms with Gasteiger partial charge < -0.3 is 9.84 Å². The maximum atomic E-state index is 14.4. The predicted octanol–water partition coefficient (Wildman–Crippen LogP) is 4.59. The lowest BCUT2D eigenvalue weighted by molar-refractivity contribution is -0.173. The lowest BCUT2D eigenvalue weighted by Crippen LogP contribution is -2.48. The Morgan fingerprint density at radius 1 is 0.884 bits per heavy atom. The molecule has 3 aromatic carbocycles. The molecule has 3 aromatic rings. The van der Waals surface area contributed by atoms with Crippen LogP contribution in [0.5, 0.6) is 11.5 Å². The van der Waals surface area contributed by atoms with Gasteiger partial charge in [0.05, 0.1) is 28.9 Å². The molecule has 2 saturated heterocycles. The van der Waals surface area contributed by atoms with Gasteiger partial charge in [-0.1, -0.05) is 66.2 Å². The number of allylic oxidation sites excluding steroid dienone is 2. The van der Waals surface area contributed by atoms with Crippen LogP contribution in [-0.4, -0.2) is 39.0 Å². The number of anilines is 1. The van der Waals surface area contributed by atoms with Crippen molar-refractivity contribution in [3.63, 3.8) is 0 Å². The zero-order valence-corrected chi connectivity index (χ0v) is 23.4. The maximum Gasteiger partial charge on any atom is 0.257 e. The highest BCUT2D eigenvalue weighted by Crippen LogP contribution is 2.64. The zero-order valence-electron chi connectivity index (χ0n) is 23.4. The fraction of sp³-hybridized carbons (Fsp3) is 0.294. The number of phenols is 1. The highest BCUT2D eigenvalue weighted by Gasteiger charge is 2.67. The van der Waals surface area contributed by atoms with Crippen LogP contribution in [0.1, 0.15) is 36.8 Å². The molecule has 2 heterocycles. The van der Waals surface area contributed by atoms with Crippen molar-refractivity contribution >= 4 is 29.3 Å². The Morgan fingerprint density at radius 3 is 2.28 bits per heavy atom. The van der Waals surface area contributed by atoms with Gasteiger partial charge >= 0.3 is 0 Å². The van der Waals surface area contributed by atoms with Crippen LogP contribution < -0.4 is 9.64 Å². The number of amides is 4. The summed E-state index contributed by atoms with van der Waals surface area (Å²) < 4.78 is 5.92. The number of carbonyl (C=O) groups excluding carboxylic acids is 4. The molecular weight excluding hydrogens is 548 g/mol. The summed E-state index contributed by atoms with van der Waals surface area (Å²) in [6.07, 6.45) is 2.24. The summed E-state index contributed by atoms with van der Waals surface area (Å²) in [7, 11) is 0. The molecule has 0 bridgehead atoms. The van der Waals surface area contributed by atoms with Crippen LogP contribution in [0.2, 0.25) is 0 Å². The van der Waals surface area contributed by atoms with Gasteiger partial charge in [-0.25, -0.2) is 4.90 Å². The first-order valence-electron chi connectivity index (χ1n) is 14.4. The van der Waals surface area contributed by atoms with E-state index in [1.807, 2.05) is 36.4 Å². The van der Waals surface area contributed by atoms with Gasteiger partial charge in [0.1, 0.15) is 18.1 Å². The summed E-state index contributed by atoms with van der Waals surface area (Å²) in [5.74, 6) is -5.54. The first-order chi connectivity index (χ1) is 20.7. The van der Waals surface area contributed by atoms with Crippen molar-refractivity contribution in [2.75, 3.05) is 4.90 Å². The van der Waals surface area contributed by atoms with E-state index in [0.717, 1.165) is 11.1 Å². The van der Waals surface area contributed by atoms with Crippen LogP contribution in [0.3, 0.4) is 0 Å². The number of rotatable bonds is 5. The number of benzene rings is 3. The standard InChI is InChI=1S/C34H30N2O7/c1-34-26(31(39)35(33(34)41)20-10-6-3-7-11-20)17-25-22(14-15-24-28(25)32(40)36(42)30(24)38)29(34)23-13-12-21(16-27(23)37)43-18-19-8-4-2-5-9-19/h2-14,16,24-26,28-29,37,42H,15,17-18H2,1H3/t24-,25+,26-,28-,29+,34+/m0/s1. The Morgan fingerprint density at radius 2 is 1.58 bits per heavy atom. The fourth-order valence-corrected chi connectivity index (χ4v) is 7.76. The second-order valence-corrected chi connectivity index (χ2v) is 12.0. The van der Waals surface area contributed by atoms with E-state index in [1.165, 1.54) is 11.0 Å². The van der Waals surface area contributed by atoms with E-state index >= 15 is 0 Å². The highest BCUT2D eigenvalue weighted by atomic mass is 16.5. The molecule has 2 aliphatic heterocycles.